The normalized spacial score (nSPS) is 23.3. The largest absolute Gasteiger partial charge is 0.481 e. The Morgan fingerprint density at radius 1 is 1.25 bits per heavy atom. The minimum absolute atomic E-state index is 0.0110. The Kier molecular flexibility index (Phi) is 5.08. The van der Waals surface area contributed by atoms with E-state index in [-0.39, 0.29) is 12.0 Å². The van der Waals surface area contributed by atoms with E-state index in [0.717, 1.165) is 12.8 Å². The number of hydrogen-bond donors (Lipinski definition) is 3. The van der Waals surface area contributed by atoms with Crippen molar-refractivity contribution in [3.05, 3.63) is 0 Å². The van der Waals surface area contributed by atoms with E-state index in [4.69, 9.17) is 5.11 Å². The lowest BCUT2D eigenvalue weighted by molar-refractivity contribution is -0.192. The number of rotatable bonds is 5. The Morgan fingerprint density at radius 3 is 2.15 bits per heavy atom. The van der Waals surface area contributed by atoms with Crippen LogP contribution in [0.1, 0.15) is 39.5 Å². The fourth-order valence-electron chi connectivity index (χ4n) is 2.36. The van der Waals surface area contributed by atoms with E-state index in [1.807, 2.05) is 0 Å². The Morgan fingerprint density at radius 2 is 1.75 bits per heavy atom. The molecule has 0 bridgehead atoms. The van der Waals surface area contributed by atoms with E-state index >= 15 is 0 Å². The molecule has 0 aromatic carbocycles. The fourth-order valence-corrected chi connectivity index (χ4v) is 2.36. The predicted octanol–water partition coefficient (Wildman–Crippen LogP) is 2.17. The molecule has 0 spiro atoms. The average molecular weight is 297 g/mol. The molecule has 0 aromatic heterocycles. The van der Waals surface area contributed by atoms with E-state index in [9.17, 15) is 23.1 Å². The number of halogens is 3. The molecule has 0 amide bonds. The molecule has 1 fully saturated rings. The molecular formula is C13H22F3NO3. The van der Waals surface area contributed by atoms with E-state index in [0.29, 0.717) is 12.8 Å². The van der Waals surface area contributed by atoms with Crippen molar-refractivity contribution in [1.82, 2.24) is 5.32 Å². The second-order valence-electron chi connectivity index (χ2n) is 6.45. The standard InChI is InChI=1S/C13H22F3NO3/c1-11(2)3-5-12(20,6-4-11)8-17-7-9(10(18)19)13(14,15)16/h9,17,20H,3-8H2,1-2H3,(H,18,19). The van der Waals surface area contributed by atoms with Crippen LogP contribution in [0.2, 0.25) is 0 Å². The number of hydrogen-bond acceptors (Lipinski definition) is 3. The van der Waals surface area contributed by atoms with Crippen LogP contribution in [0.25, 0.3) is 0 Å². The van der Waals surface area contributed by atoms with Gasteiger partial charge in [0.05, 0.1) is 5.60 Å². The second-order valence-corrected chi connectivity index (χ2v) is 6.45. The lowest BCUT2D eigenvalue weighted by Crippen LogP contribution is -2.48. The zero-order valence-corrected chi connectivity index (χ0v) is 11.8. The summed E-state index contributed by atoms with van der Waals surface area (Å²) in [6, 6.07) is 0. The topological polar surface area (TPSA) is 69.6 Å². The van der Waals surface area contributed by atoms with Crippen LogP contribution in [0.5, 0.6) is 0 Å². The highest BCUT2D eigenvalue weighted by molar-refractivity contribution is 5.71. The molecule has 0 heterocycles. The van der Waals surface area contributed by atoms with Crippen molar-refractivity contribution in [1.29, 1.82) is 0 Å². The maximum atomic E-state index is 12.5. The van der Waals surface area contributed by atoms with Crippen LogP contribution >= 0.6 is 0 Å². The molecule has 1 aliphatic carbocycles. The highest BCUT2D eigenvalue weighted by atomic mass is 19.4. The molecular weight excluding hydrogens is 275 g/mol. The monoisotopic (exact) mass is 297 g/mol. The predicted molar refractivity (Wildman–Crippen MR) is 67.2 cm³/mol. The lowest BCUT2D eigenvalue weighted by atomic mass is 9.71. The number of carboxylic acids is 1. The molecule has 0 saturated heterocycles. The molecule has 3 N–H and O–H groups in total. The van der Waals surface area contributed by atoms with E-state index in [2.05, 4.69) is 19.2 Å². The maximum Gasteiger partial charge on any atom is 0.403 e. The summed E-state index contributed by atoms with van der Waals surface area (Å²) < 4.78 is 37.4. The van der Waals surface area contributed by atoms with Crippen molar-refractivity contribution in [2.24, 2.45) is 11.3 Å². The highest BCUT2D eigenvalue weighted by Crippen LogP contribution is 2.39. The van der Waals surface area contributed by atoms with Crippen LogP contribution in [0.3, 0.4) is 0 Å². The van der Waals surface area contributed by atoms with Gasteiger partial charge in [0.25, 0.3) is 0 Å². The summed E-state index contributed by atoms with van der Waals surface area (Å²) in [6.07, 6.45) is -2.16. The van der Waals surface area contributed by atoms with Crippen LogP contribution < -0.4 is 5.32 Å². The summed E-state index contributed by atoms with van der Waals surface area (Å²) in [5, 5.41) is 21.3. The van der Waals surface area contributed by atoms with Crippen molar-refractivity contribution in [2.75, 3.05) is 13.1 Å². The third-order valence-corrected chi connectivity index (χ3v) is 4.03. The molecule has 20 heavy (non-hydrogen) atoms. The molecule has 1 aliphatic rings. The quantitative estimate of drug-likeness (QED) is 0.727. The van der Waals surface area contributed by atoms with Gasteiger partial charge < -0.3 is 15.5 Å². The summed E-state index contributed by atoms with van der Waals surface area (Å²) in [6.45, 7) is 3.45. The van der Waals surface area contributed by atoms with Gasteiger partial charge in [0.2, 0.25) is 0 Å². The van der Waals surface area contributed by atoms with Gasteiger partial charge in [-0.1, -0.05) is 13.8 Å². The maximum absolute atomic E-state index is 12.5. The van der Waals surface area contributed by atoms with Crippen molar-refractivity contribution in [3.63, 3.8) is 0 Å². The minimum Gasteiger partial charge on any atom is -0.481 e. The molecule has 118 valence electrons. The lowest BCUT2D eigenvalue weighted by Gasteiger charge is -2.40. The first kappa shape index (κ1) is 17.2. The van der Waals surface area contributed by atoms with Crippen LogP contribution in [0, 0.1) is 11.3 Å². The first-order chi connectivity index (χ1) is 8.95. The Balaban J connectivity index is 2.45. The summed E-state index contributed by atoms with van der Waals surface area (Å²) in [5.41, 5.74) is -0.897. The Labute approximate surface area is 116 Å². The van der Waals surface area contributed by atoms with Crippen molar-refractivity contribution in [2.45, 2.75) is 51.3 Å². The fraction of sp³-hybridized carbons (Fsp3) is 0.923. The van der Waals surface area contributed by atoms with E-state index < -0.39 is 30.2 Å². The second kappa shape index (κ2) is 5.89. The van der Waals surface area contributed by atoms with Gasteiger partial charge in [0.1, 0.15) is 0 Å². The van der Waals surface area contributed by atoms with Gasteiger partial charge in [-0.15, -0.1) is 0 Å². The third-order valence-electron chi connectivity index (χ3n) is 4.03. The molecule has 1 unspecified atom stereocenters. The van der Waals surface area contributed by atoms with Crippen molar-refractivity contribution < 1.29 is 28.2 Å². The first-order valence-electron chi connectivity index (χ1n) is 6.68. The number of carbonyl (C=O) groups is 1. The molecule has 7 heteroatoms. The van der Waals surface area contributed by atoms with Gasteiger partial charge in [-0.3, -0.25) is 4.79 Å². The van der Waals surface area contributed by atoms with Gasteiger partial charge in [-0.25, -0.2) is 0 Å². The number of alkyl halides is 3. The molecule has 1 saturated carbocycles. The third kappa shape index (κ3) is 4.94. The Bertz CT molecular complexity index is 345. The van der Waals surface area contributed by atoms with Crippen molar-refractivity contribution >= 4 is 5.97 Å². The van der Waals surface area contributed by atoms with E-state index in [1.165, 1.54) is 0 Å². The zero-order chi connectivity index (χ0) is 15.6. The van der Waals surface area contributed by atoms with E-state index in [1.54, 1.807) is 0 Å². The number of aliphatic hydroxyl groups is 1. The number of carboxylic acid groups (broad SMARTS) is 1. The first-order valence-corrected chi connectivity index (χ1v) is 6.68. The summed E-state index contributed by atoms with van der Waals surface area (Å²) in [7, 11) is 0. The zero-order valence-electron chi connectivity index (χ0n) is 11.8. The molecule has 1 atom stereocenters. The molecule has 4 nitrogen and oxygen atoms in total. The molecule has 1 rings (SSSR count). The van der Waals surface area contributed by atoms with Gasteiger partial charge in [0.15, 0.2) is 5.92 Å². The number of nitrogens with one attached hydrogen (secondary N) is 1. The number of aliphatic carboxylic acids is 1. The van der Waals surface area contributed by atoms with Gasteiger partial charge >= 0.3 is 12.1 Å². The van der Waals surface area contributed by atoms with Gasteiger partial charge in [-0.2, -0.15) is 13.2 Å². The molecule has 0 aromatic rings. The average Bonchev–Trinajstić information content (AvgIpc) is 2.27. The van der Waals surface area contributed by atoms with Crippen LogP contribution in [-0.2, 0) is 4.79 Å². The van der Waals surface area contributed by atoms with Crippen molar-refractivity contribution in [3.8, 4) is 0 Å². The highest BCUT2D eigenvalue weighted by Gasteiger charge is 2.45. The molecule has 0 radical (unpaired) electrons. The van der Waals surface area contributed by atoms with Crippen LogP contribution in [0.15, 0.2) is 0 Å². The smallest absolute Gasteiger partial charge is 0.403 e. The molecule has 0 aliphatic heterocycles. The summed E-state index contributed by atoms with van der Waals surface area (Å²) in [4.78, 5) is 10.6. The summed E-state index contributed by atoms with van der Waals surface area (Å²) >= 11 is 0. The SMILES string of the molecule is CC1(C)CCC(O)(CNCC(C(=O)O)C(F)(F)F)CC1. The van der Waals surface area contributed by atoms with Gasteiger partial charge in [-0.05, 0) is 31.1 Å². The van der Waals surface area contributed by atoms with Crippen LogP contribution in [0.4, 0.5) is 13.2 Å². The summed E-state index contributed by atoms with van der Waals surface area (Å²) in [5.74, 6) is -4.34. The van der Waals surface area contributed by atoms with Crippen LogP contribution in [-0.4, -0.2) is 41.0 Å². The minimum atomic E-state index is -4.78. The Hall–Kier alpha value is -0.820. The van der Waals surface area contributed by atoms with Gasteiger partial charge in [0, 0.05) is 13.1 Å².